The van der Waals surface area contributed by atoms with Gasteiger partial charge in [0.05, 0.1) is 5.02 Å². The van der Waals surface area contributed by atoms with Gasteiger partial charge in [-0.1, -0.05) is 11.6 Å². The van der Waals surface area contributed by atoms with Gasteiger partial charge < -0.3 is 15.8 Å². The highest BCUT2D eigenvalue weighted by atomic mass is 35.5. The maximum absolute atomic E-state index is 6.03. The first-order valence-corrected chi connectivity index (χ1v) is 5.56. The van der Waals surface area contributed by atoms with Crippen LogP contribution in [0.15, 0.2) is 18.2 Å². The summed E-state index contributed by atoms with van der Waals surface area (Å²) in [5, 5.41) is 3.88. The van der Waals surface area contributed by atoms with Crippen LogP contribution in [-0.2, 0) is 0 Å². The Labute approximate surface area is 94.6 Å². The minimum Gasteiger partial charge on any atom is -0.489 e. The number of benzene rings is 1. The van der Waals surface area contributed by atoms with Crippen LogP contribution < -0.4 is 15.8 Å². The molecule has 0 saturated carbocycles. The van der Waals surface area contributed by atoms with Crippen LogP contribution in [0, 0.1) is 0 Å². The molecule has 0 unspecified atom stereocenters. The van der Waals surface area contributed by atoms with Crippen LogP contribution >= 0.6 is 11.6 Å². The van der Waals surface area contributed by atoms with Crippen molar-refractivity contribution in [3.05, 3.63) is 23.2 Å². The molecule has 15 heavy (non-hydrogen) atoms. The van der Waals surface area contributed by atoms with Gasteiger partial charge in [0, 0.05) is 5.69 Å². The van der Waals surface area contributed by atoms with Gasteiger partial charge in [0.1, 0.15) is 11.9 Å². The standard InChI is InChI=1S/C11H15ClN2O/c12-10-7-8(13)1-2-11(10)15-9-3-5-14-6-4-9/h1-2,7,9,14H,3-6,13H2. The maximum Gasteiger partial charge on any atom is 0.138 e. The molecule has 1 aromatic carbocycles. The highest BCUT2D eigenvalue weighted by Crippen LogP contribution is 2.28. The Kier molecular flexibility index (Phi) is 3.34. The number of rotatable bonds is 2. The smallest absolute Gasteiger partial charge is 0.138 e. The molecule has 1 saturated heterocycles. The van der Waals surface area contributed by atoms with E-state index in [0.29, 0.717) is 10.7 Å². The number of nitrogen functional groups attached to an aromatic ring is 1. The van der Waals surface area contributed by atoms with Gasteiger partial charge in [-0.25, -0.2) is 0 Å². The molecule has 0 atom stereocenters. The van der Waals surface area contributed by atoms with Gasteiger partial charge in [-0.3, -0.25) is 0 Å². The number of hydrogen-bond donors (Lipinski definition) is 2. The van der Waals surface area contributed by atoms with Gasteiger partial charge in [0.15, 0.2) is 0 Å². The fourth-order valence-corrected chi connectivity index (χ4v) is 1.94. The Morgan fingerprint density at radius 3 is 2.73 bits per heavy atom. The first-order valence-electron chi connectivity index (χ1n) is 5.18. The average molecular weight is 227 g/mol. The van der Waals surface area contributed by atoms with Gasteiger partial charge in [-0.15, -0.1) is 0 Å². The van der Waals surface area contributed by atoms with E-state index < -0.39 is 0 Å². The zero-order valence-electron chi connectivity index (χ0n) is 8.50. The third kappa shape index (κ3) is 2.76. The van der Waals surface area contributed by atoms with Crippen molar-refractivity contribution >= 4 is 17.3 Å². The summed E-state index contributed by atoms with van der Waals surface area (Å²) in [4.78, 5) is 0. The maximum atomic E-state index is 6.03. The summed E-state index contributed by atoms with van der Waals surface area (Å²) < 4.78 is 5.81. The van der Waals surface area contributed by atoms with Crippen molar-refractivity contribution < 1.29 is 4.74 Å². The van der Waals surface area contributed by atoms with E-state index in [-0.39, 0.29) is 6.10 Å². The Hall–Kier alpha value is -0.930. The zero-order valence-corrected chi connectivity index (χ0v) is 9.26. The Balaban J connectivity index is 2.03. The highest BCUT2D eigenvalue weighted by Gasteiger charge is 2.15. The second-order valence-corrected chi connectivity index (χ2v) is 4.16. The molecule has 1 aliphatic heterocycles. The lowest BCUT2D eigenvalue weighted by atomic mass is 10.1. The largest absolute Gasteiger partial charge is 0.489 e. The van der Waals surface area contributed by atoms with Crippen molar-refractivity contribution in [1.29, 1.82) is 0 Å². The number of nitrogens with two attached hydrogens (primary N) is 1. The van der Waals surface area contributed by atoms with Crippen LogP contribution in [0.5, 0.6) is 5.75 Å². The van der Waals surface area contributed by atoms with Crippen LogP contribution in [0.3, 0.4) is 0 Å². The Morgan fingerprint density at radius 1 is 1.33 bits per heavy atom. The van der Waals surface area contributed by atoms with Gasteiger partial charge in [0.25, 0.3) is 0 Å². The SMILES string of the molecule is Nc1ccc(OC2CCNCC2)c(Cl)c1. The van der Waals surface area contributed by atoms with E-state index in [1.807, 2.05) is 12.1 Å². The fraction of sp³-hybridized carbons (Fsp3) is 0.455. The Morgan fingerprint density at radius 2 is 2.07 bits per heavy atom. The predicted molar refractivity (Wildman–Crippen MR) is 62.4 cm³/mol. The molecule has 0 bridgehead atoms. The van der Waals surface area contributed by atoms with Gasteiger partial charge in [0.2, 0.25) is 0 Å². The molecule has 0 spiro atoms. The number of ether oxygens (including phenoxy) is 1. The molecule has 0 radical (unpaired) electrons. The molecular weight excluding hydrogens is 212 g/mol. The summed E-state index contributed by atoms with van der Waals surface area (Å²) in [5.41, 5.74) is 6.28. The molecule has 1 heterocycles. The number of halogens is 1. The van der Waals surface area contributed by atoms with Crippen LogP contribution in [-0.4, -0.2) is 19.2 Å². The molecule has 1 aromatic rings. The molecule has 0 aliphatic carbocycles. The van der Waals surface area contributed by atoms with Crippen molar-refractivity contribution in [2.45, 2.75) is 18.9 Å². The first kappa shape index (κ1) is 10.6. The van der Waals surface area contributed by atoms with Gasteiger partial charge in [-0.2, -0.15) is 0 Å². The molecule has 0 amide bonds. The van der Waals surface area contributed by atoms with Crippen molar-refractivity contribution in [3.8, 4) is 5.75 Å². The van der Waals surface area contributed by atoms with E-state index in [0.717, 1.165) is 31.7 Å². The lowest BCUT2D eigenvalue weighted by Gasteiger charge is -2.24. The topological polar surface area (TPSA) is 47.3 Å². The summed E-state index contributed by atoms with van der Waals surface area (Å²) in [7, 11) is 0. The lowest BCUT2D eigenvalue weighted by Crippen LogP contribution is -2.34. The fourth-order valence-electron chi connectivity index (χ4n) is 1.71. The molecule has 4 heteroatoms. The third-order valence-electron chi connectivity index (χ3n) is 2.54. The third-order valence-corrected chi connectivity index (χ3v) is 2.83. The lowest BCUT2D eigenvalue weighted by molar-refractivity contribution is 0.162. The summed E-state index contributed by atoms with van der Waals surface area (Å²) in [6.45, 7) is 2.02. The summed E-state index contributed by atoms with van der Waals surface area (Å²) in [6, 6.07) is 5.36. The molecule has 82 valence electrons. The van der Waals surface area contributed by atoms with E-state index in [2.05, 4.69) is 5.32 Å². The number of piperidine rings is 1. The van der Waals surface area contributed by atoms with E-state index in [4.69, 9.17) is 22.1 Å². The second-order valence-electron chi connectivity index (χ2n) is 3.76. The minimum absolute atomic E-state index is 0.271. The monoisotopic (exact) mass is 226 g/mol. The molecule has 0 aromatic heterocycles. The molecule has 1 aliphatic rings. The molecule has 3 N–H and O–H groups in total. The molecular formula is C11H15ClN2O. The van der Waals surface area contributed by atoms with E-state index in [1.165, 1.54) is 0 Å². The predicted octanol–water partition coefficient (Wildman–Crippen LogP) is 2.05. The minimum atomic E-state index is 0.271. The van der Waals surface area contributed by atoms with Gasteiger partial charge in [-0.05, 0) is 44.1 Å². The number of anilines is 1. The van der Waals surface area contributed by atoms with Crippen molar-refractivity contribution in [3.63, 3.8) is 0 Å². The second kappa shape index (κ2) is 4.73. The van der Waals surface area contributed by atoms with Crippen LogP contribution in [0.4, 0.5) is 5.69 Å². The van der Waals surface area contributed by atoms with Gasteiger partial charge >= 0.3 is 0 Å². The van der Waals surface area contributed by atoms with Crippen molar-refractivity contribution in [1.82, 2.24) is 5.32 Å². The van der Waals surface area contributed by atoms with E-state index in [1.54, 1.807) is 6.07 Å². The summed E-state index contributed by atoms with van der Waals surface area (Å²) >= 11 is 6.03. The highest BCUT2D eigenvalue weighted by molar-refractivity contribution is 6.32. The van der Waals surface area contributed by atoms with E-state index in [9.17, 15) is 0 Å². The number of nitrogens with one attached hydrogen (secondary N) is 1. The molecule has 2 rings (SSSR count). The van der Waals surface area contributed by atoms with Crippen LogP contribution in [0.25, 0.3) is 0 Å². The van der Waals surface area contributed by atoms with E-state index >= 15 is 0 Å². The van der Waals surface area contributed by atoms with Crippen LogP contribution in [0.1, 0.15) is 12.8 Å². The summed E-state index contributed by atoms with van der Waals surface area (Å²) in [6.07, 6.45) is 2.33. The average Bonchev–Trinajstić information content (AvgIpc) is 2.24. The Bertz CT molecular complexity index is 337. The summed E-state index contributed by atoms with van der Waals surface area (Å²) in [5.74, 6) is 0.734. The first-order chi connectivity index (χ1) is 7.25. The van der Waals surface area contributed by atoms with Crippen LogP contribution in [0.2, 0.25) is 5.02 Å². The zero-order chi connectivity index (χ0) is 10.7. The quantitative estimate of drug-likeness (QED) is 0.759. The number of hydrogen-bond acceptors (Lipinski definition) is 3. The normalized spacial score (nSPS) is 17.7. The molecule has 1 fully saturated rings. The molecule has 3 nitrogen and oxygen atoms in total. The van der Waals surface area contributed by atoms with Crippen molar-refractivity contribution in [2.75, 3.05) is 18.8 Å². The van der Waals surface area contributed by atoms with Crippen molar-refractivity contribution in [2.24, 2.45) is 0 Å².